The van der Waals surface area contributed by atoms with Crippen molar-refractivity contribution < 1.29 is 38.5 Å². The number of carbonyl (C=O) groups is 4. The first-order valence-electron chi connectivity index (χ1n) is 10.8. The Hall–Kier alpha value is -4.76. The van der Waals surface area contributed by atoms with E-state index in [0.29, 0.717) is 0 Å². The second-order valence-electron chi connectivity index (χ2n) is 7.47. The monoisotopic (exact) mass is 560 g/mol. The quantitative estimate of drug-likeness (QED) is 0.222. The fraction of sp³-hybridized carbons (Fsp3) is 0. The molecule has 0 spiro atoms. The SMILES string of the molecule is O=C(Oc1cc(C(=O)O)c(Br)c(OC(=O)c2ccccc2)c1OC(=O)c1ccccc1)c1ccccc1. The van der Waals surface area contributed by atoms with E-state index in [4.69, 9.17) is 14.2 Å². The highest BCUT2D eigenvalue weighted by Gasteiger charge is 2.29. The lowest BCUT2D eigenvalue weighted by atomic mass is 10.1. The molecule has 0 bridgehead atoms. The second-order valence-corrected chi connectivity index (χ2v) is 8.26. The summed E-state index contributed by atoms with van der Waals surface area (Å²) in [6.45, 7) is 0. The molecule has 4 aromatic rings. The summed E-state index contributed by atoms with van der Waals surface area (Å²) in [7, 11) is 0. The van der Waals surface area contributed by atoms with E-state index in [-0.39, 0.29) is 21.2 Å². The van der Waals surface area contributed by atoms with Gasteiger partial charge < -0.3 is 19.3 Å². The zero-order valence-electron chi connectivity index (χ0n) is 18.9. The summed E-state index contributed by atoms with van der Waals surface area (Å²) < 4.78 is 16.3. The van der Waals surface area contributed by atoms with Crippen LogP contribution in [-0.2, 0) is 0 Å². The van der Waals surface area contributed by atoms with Crippen LogP contribution in [0.5, 0.6) is 17.2 Å². The van der Waals surface area contributed by atoms with Crippen LogP contribution >= 0.6 is 15.9 Å². The summed E-state index contributed by atoms with van der Waals surface area (Å²) in [5, 5.41) is 9.75. The molecule has 0 saturated heterocycles. The maximum Gasteiger partial charge on any atom is 0.343 e. The van der Waals surface area contributed by atoms with Gasteiger partial charge in [-0.15, -0.1) is 0 Å². The summed E-state index contributed by atoms with van der Waals surface area (Å²) in [4.78, 5) is 50.6. The molecule has 4 rings (SSSR count). The highest BCUT2D eigenvalue weighted by atomic mass is 79.9. The second kappa shape index (κ2) is 11.3. The third kappa shape index (κ3) is 5.91. The van der Waals surface area contributed by atoms with Gasteiger partial charge in [-0.2, -0.15) is 0 Å². The predicted octanol–water partition coefficient (Wildman–Crippen LogP) is 5.80. The van der Waals surface area contributed by atoms with Gasteiger partial charge in [0.05, 0.1) is 26.7 Å². The van der Waals surface area contributed by atoms with Crippen LogP contribution < -0.4 is 14.2 Å². The molecule has 0 aliphatic rings. The molecular weight excluding hydrogens is 544 g/mol. The molecule has 184 valence electrons. The molecule has 0 aromatic heterocycles. The van der Waals surface area contributed by atoms with Gasteiger partial charge in [-0.3, -0.25) is 0 Å². The maximum absolute atomic E-state index is 12.9. The molecule has 4 aromatic carbocycles. The number of carbonyl (C=O) groups excluding carboxylic acids is 3. The Morgan fingerprint density at radius 2 is 0.946 bits per heavy atom. The Bertz CT molecular complexity index is 1470. The number of ether oxygens (including phenoxy) is 3. The fourth-order valence-corrected chi connectivity index (χ4v) is 3.74. The number of rotatable bonds is 7. The van der Waals surface area contributed by atoms with Gasteiger partial charge in [0.15, 0.2) is 11.5 Å². The van der Waals surface area contributed by atoms with Gasteiger partial charge in [0, 0.05) is 6.07 Å². The van der Waals surface area contributed by atoms with Crippen LogP contribution in [0.2, 0.25) is 0 Å². The lowest BCUT2D eigenvalue weighted by molar-refractivity contribution is 0.0647. The van der Waals surface area contributed by atoms with Gasteiger partial charge in [-0.25, -0.2) is 19.2 Å². The van der Waals surface area contributed by atoms with E-state index in [2.05, 4.69) is 15.9 Å². The minimum absolute atomic E-state index is 0.151. The van der Waals surface area contributed by atoms with Crippen molar-refractivity contribution in [2.45, 2.75) is 0 Å². The molecule has 37 heavy (non-hydrogen) atoms. The van der Waals surface area contributed by atoms with Crippen LogP contribution in [0, 0.1) is 0 Å². The van der Waals surface area contributed by atoms with Gasteiger partial charge >= 0.3 is 23.9 Å². The minimum Gasteiger partial charge on any atom is -0.478 e. The van der Waals surface area contributed by atoms with E-state index >= 15 is 0 Å². The molecule has 1 N–H and O–H groups in total. The highest BCUT2D eigenvalue weighted by Crippen LogP contribution is 2.46. The molecule has 0 atom stereocenters. The van der Waals surface area contributed by atoms with Gasteiger partial charge in [0.1, 0.15) is 0 Å². The molecule has 0 aliphatic carbocycles. The molecular formula is C28H17BrO8. The zero-order chi connectivity index (χ0) is 26.4. The molecule has 0 unspecified atom stereocenters. The molecule has 0 saturated carbocycles. The average Bonchev–Trinajstić information content (AvgIpc) is 2.93. The first kappa shape index (κ1) is 25.3. The molecule has 8 nitrogen and oxygen atoms in total. The fourth-order valence-electron chi connectivity index (χ4n) is 3.20. The number of halogens is 1. The van der Waals surface area contributed by atoms with Crippen molar-refractivity contribution in [2.24, 2.45) is 0 Å². The minimum atomic E-state index is -1.41. The number of carboxylic acids is 1. The van der Waals surface area contributed by atoms with Crippen LogP contribution in [0.4, 0.5) is 0 Å². The lowest BCUT2D eigenvalue weighted by Crippen LogP contribution is -2.17. The van der Waals surface area contributed by atoms with Crippen LogP contribution in [0.1, 0.15) is 41.4 Å². The van der Waals surface area contributed by atoms with Crippen molar-refractivity contribution in [3.05, 3.63) is 124 Å². The molecule has 9 heteroatoms. The van der Waals surface area contributed by atoms with Gasteiger partial charge in [-0.05, 0) is 52.3 Å². The zero-order valence-corrected chi connectivity index (χ0v) is 20.5. The van der Waals surface area contributed by atoms with Crippen molar-refractivity contribution in [2.75, 3.05) is 0 Å². The van der Waals surface area contributed by atoms with Gasteiger partial charge in [-0.1, -0.05) is 54.6 Å². The number of aromatic carboxylic acids is 1. The maximum atomic E-state index is 12.9. The van der Waals surface area contributed by atoms with E-state index < -0.39 is 46.7 Å². The number of hydrogen-bond acceptors (Lipinski definition) is 7. The van der Waals surface area contributed by atoms with Crippen molar-refractivity contribution in [1.29, 1.82) is 0 Å². The smallest absolute Gasteiger partial charge is 0.343 e. The first-order valence-corrected chi connectivity index (χ1v) is 11.6. The van der Waals surface area contributed by atoms with E-state index in [9.17, 15) is 24.3 Å². The summed E-state index contributed by atoms with van der Waals surface area (Å²) >= 11 is 3.14. The van der Waals surface area contributed by atoms with E-state index in [1.54, 1.807) is 54.6 Å². The normalized spacial score (nSPS) is 10.3. The van der Waals surface area contributed by atoms with Crippen LogP contribution in [-0.4, -0.2) is 29.0 Å². The number of esters is 3. The molecule has 0 radical (unpaired) electrons. The van der Waals surface area contributed by atoms with Crippen molar-refractivity contribution >= 4 is 39.8 Å². The van der Waals surface area contributed by atoms with E-state index in [1.807, 2.05) is 0 Å². The summed E-state index contributed by atoms with van der Waals surface area (Å²) in [6.07, 6.45) is 0. The van der Waals surface area contributed by atoms with Crippen LogP contribution in [0.3, 0.4) is 0 Å². The highest BCUT2D eigenvalue weighted by molar-refractivity contribution is 9.10. The lowest BCUT2D eigenvalue weighted by Gasteiger charge is -2.17. The van der Waals surface area contributed by atoms with Gasteiger partial charge in [0.25, 0.3) is 0 Å². The Morgan fingerprint density at radius 3 is 1.35 bits per heavy atom. The Kier molecular flexibility index (Phi) is 7.75. The van der Waals surface area contributed by atoms with E-state index in [0.717, 1.165) is 6.07 Å². The van der Waals surface area contributed by atoms with Crippen molar-refractivity contribution in [3.8, 4) is 17.2 Å². The van der Waals surface area contributed by atoms with Gasteiger partial charge in [0.2, 0.25) is 5.75 Å². The molecule has 0 heterocycles. The average molecular weight is 561 g/mol. The third-order valence-electron chi connectivity index (χ3n) is 4.99. The van der Waals surface area contributed by atoms with Crippen LogP contribution in [0.25, 0.3) is 0 Å². The third-order valence-corrected chi connectivity index (χ3v) is 5.78. The van der Waals surface area contributed by atoms with Crippen molar-refractivity contribution in [1.82, 2.24) is 0 Å². The summed E-state index contributed by atoms with van der Waals surface area (Å²) in [5.74, 6) is -5.33. The number of carboxylic acid groups (broad SMARTS) is 1. The Labute approximate surface area is 219 Å². The Morgan fingerprint density at radius 1 is 0.568 bits per heavy atom. The van der Waals surface area contributed by atoms with E-state index in [1.165, 1.54) is 36.4 Å². The van der Waals surface area contributed by atoms with Crippen LogP contribution in [0.15, 0.2) is 102 Å². The molecule has 0 fully saturated rings. The number of hydrogen-bond donors (Lipinski definition) is 1. The Balaban J connectivity index is 1.84. The topological polar surface area (TPSA) is 116 Å². The molecule has 0 amide bonds. The first-order chi connectivity index (χ1) is 17.8. The standard InChI is InChI=1S/C28H17BrO8/c29-22-20(25(30)31)16-21(35-26(32)17-10-4-1-5-11-17)23(36-27(33)18-12-6-2-7-13-18)24(22)37-28(34)19-14-8-3-9-15-19/h1-16H,(H,30,31). The number of benzene rings is 4. The largest absolute Gasteiger partial charge is 0.478 e. The summed E-state index contributed by atoms with van der Waals surface area (Å²) in [5.41, 5.74) is 0.0663. The van der Waals surface area contributed by atoms with Crippen molar-refractivity contribution in [3.63, 3.8) is 0 Å². The molecule has 0 aliphatic heterocycles. The predicted molar refractivity (Wildman–Crippen MR) is 135 cm³/mol. The summed E-state index contributed by atoms with van der Waals surface area (Å²) in [6, 6.07) is 24.8.